The summed E-state index contributed by atoms with van der Waals surface area (Å²) < 4.78 is 21.0. The summed E-state index contributed by atoms with van der Waals surface area (Å²) in [4.78, 5) is 22.8. The summed E-state index contributed by atoms with van der Waals surface area (Å²) >= 11 is 0. The monoisotopic (exact) mass is 314 g/mol. The molecule has 0 saturated carbocycles. The van der Waals surface area contributed by atoms with Gasteiger partial charge in [0.25, 0.3) is 0 Å². The first kappa shape index (κ1) is 20.3. The Morgan fingerprint density at radius 2 is 1.59 bits per heavy atom. The standard InChI is InChI=1S/C16H26O6/c1-7-19-9-14(22-16(18)12(4)5)10-20-13(6)8-21-15(17)11(2)3/h13-14H,2,4,7-10H2,1,3,5-6H3. The molecule has 0 aromatic carbocycles. The predicted octanol–water partition coefficient (Wildman–Crippen LogP) is 2.04. The van der Waals surface area contributed by atoms with Gasteiger partial charge in [-0.2, -0.15) is 0 Å². The molecule has 0 rings (SSSR count). The van der Waals surface area contributed by atoms with Crippen LogP contribution in [0.1, 0.15) is 27.7 Å². The van der Waals surface area contributed by atoms with E-state index in [4.69, 9.17) is 18.9 Å². The van der Waals surface area contributed by atoms with Gasteiger partial charge in [-0.3, -0.25) is 0 Å². The summed E-state index contributed by atoms with van der Waals surface area (Å²) in [5.41, 5.74) is 0.641. The fraction of sp³-hybridized carbons (Fsp3) is 0.625. The van der Waals surface area contributed by atoms with Gasteiger partial charge >= 0.3 is 11.9 Å². The van der Waals surface area contributed by atoms with Crippen LogP contribution in [0.15, 0.2) is 24.3 Å². The molecule has 6 nitrogen and oxygen atoms in total. The Morgan fingerprint density at radius 3 is 2.09 bits per heavy atom. The molecule has 0 aromatic rings. The van der Waals surface area contributed by atoms with Gasteiger partial charge in [0, 0.05) is 17.8 Å². The van der Waals surface area contributed by atoms with E-state index < -0.39 is 18.0 Å². The molecule has 0 bridgehead atoms. The van der Waals surface area contributed by atoms with Gasteiger partial charge in [-0.05, 0) is 27.7 Å². The highest BCUT2D eigenvalue weighted by atomic mass is 16.6. The lowest BCUT2D eigenvalue weighted by Crippen LogP contribution is -2.31. The molecule has 22 heavy (non-hydrogen) atoms. The highest BCUT2D eigenvalue weighted by Gasteiger charge is 2.17. The molecular formula is C16H26O6. The van der Waals surface area contributed by atoms with Crippen LogP contribution < -0.4 is 0 Å². The summed E-state index contributed by atoms with van der Waals surface area (Å²) in [5, 5.41) is 0. The smallest absolute Gasteiger partial charge is 0.333 e. The Bertz CT molecular complexity index is 401. The number of carbonyl (C=O) groups is 2. The Balaban J connectivity index is 4.24. The van der Waals surface area contributed by atoms with E-state index in [0.29, 0.717) is 17.8 Å². The molecule has 0 N–H and O–H groups in total. The Morgan fingerprint density at radius 1 is 1.00 bits per heavy atom. The fourth-order valence-electron chi connectivity index (χ4n) is 1.25. The van der Waals surface area contributed by atoms with Crippen LogP contribution in [-0.2, 0) is 28.5 Å². The summed E-state index contributed by atoms with van der Waals surface area (Å²) in [7, 11) is 0. The largest absolute Gasteiger partial charge is 0.460 e. The second kappa shape index (κ2) is 11.0. The van der Waals surface area contributed by atoms with E-state index in [9.17, 15) is 9.59 Å². The minimum Gasteiger partial charge on any atom is -0.460 e. The van der Waals surface area contributed by atoms with Crippen molar-refractivity contribution < 1.29 is 28.5 Å². The normalized spacial score (nSPS) is 13.1. The van der Waals surface area contributed by atoms with Crippen LogP contribution >= 0.6 is 0 Å². The molecule has 2 atom stereocenters. The van der Waals surface area contributed by atoms with E-state index >= 15 is 0 Å². The van der Waals surface area contributed by atoms with Crippen LogP contribution in [0.5, 0.6) is 0 Å². The maximum atomic E-state index is 11.5. The summed E-state index contributed by atoms with van der Waals surface area (Å²) in [6, 6.07) is 0. The number of esters is 2. The van der Waals surface area contributed by atoms with Gasteiger partial charge in [0.05, 0.1) is 19.3 Å². The Kier molecular flexibility index (Phi) is 10.2. The Hall–Kier alpha value is -1.66. The number of hydrogen-bond acceptors (Lipinski definition) is 6. The lowest BCUT2D eigenvalue weighted by atomic mass is 10.3. The first-order chi connectivity index (χ1) is 10.3. The molecule has 0 amide bonds. The maximum absolute atomic E-state index is 11.5. The SMILES string of the molecule is C=C(C)C(=O)OCC(C)OCC(COCC)OC(=O)C(=C)C. The molecule has 0 aliphatic carbocycles. The first-order valence-corrected chi connectivity index (χ1v) is 7.16. The molecule has 0 aliphatic rings. The molecule has 0 heterocycles. The molecule has 2 unspecified atom stereocenters. The van der Waals surface area contributed by atoms with Crippen LogP contribution in [-0.4, -0.2) is 50.6 Å². The van der Waals surface area contributed by atoms with Gasteiger partial charge in [0.2, 0.25) is 0 Å². The third-order valence-corrected chi connectivity index (χ3v) is 2.49. The van der Waals surface area contributed by atoms with Crippen molar-refractivity contribution in [2.75, 3.05) is 26.4 Å². The minimum atomic E-state index is -0.538. The topological polar surface area (TPSA) is 71.1 Å². The van der Waals surface area contributed by atoms with Gasteiger partial charge in [0.1, 0.15) is 12.7 Å². The van der Waals surface area contributed by atoms with E-state index in [-0.39, 0.29) is 25.9 Å². The molecule has 0 spiro atoms. The second-order valence-electron chi connectivity index (χ2n) is 4.99. The van der Waals surface area contributed by atoms with Crippen molar-refractivity contribution in [2.24, 2.45) is 0 Å². The summed E-state index contributed by atoms with van der Waals surface area (Å²) in [6.07, 6.45) is -0.876. The van der Waals surface area contributed by atoms with E-state index in [1.54, 1.807) is 20.8 Å². The lowest BCUT2D eigenvalue weighted by molar-refractivity contribution is -0.154. The zero-order valence-corrected chi connectivity index (χ0v) is 13.8. The average molecular weight is 314 g/mol. The highest BCUT2D eigenvalue weighted by Crippen LogP contribution is 2.04. The van der Waals surface area contributed by atoms with E-state index in [1.807, 2.05) is 6.92 Å². The van der Waals surface area contributed by atoms with E-state index in [0.717, 1.165) is 0 Å². The van der Waals surface area contributed by atoms with Gasteiger partial charge in [-0.1, -0.05) is 13.2 Å². The van der Waals surface area contributed by atoms with Crippen LogP contribution in [0.25, 0.3) is 0 Å². The maximum Gasteiger partial charge on any atom is 0.333 e. The molecule has 0 aliphatic heterocycles. The third kappa shape index (κ3) is 9.31. The fourth-order valence-corrected chi connectivity index (χ4v) is 1.25. The number of ether oxygens (including phenoxy) is 4. The van der Waals surface area contributed by atoms with Gasteiger partial charge < -0.3 is 18.9 Å². The highest BCUT2D eigenvalue weighted by molar-refractivity contribution is 5.87. The van der Waals surface area contributed by atoms with Crippen molar-refractivity contribution in [3.05, 3.63) is 24.3 Å². The van der Waals surface area contributed by atoms with Crippen molar-refractivity contribution in [2.45, 2.75) is 39.9 Å². The second-order valence-corrected chi connectivity index (χ2v) is 4.99. The number of hydrogen-bond donors (Lipinski definition) is 0. The minimum absolute atomic E-state index is 0.0987. The zero-order valence-electron chi connectivity index (χ0n) is 13.8. The van der Waals surface area contributed by atoms with Crippen LogP contribution in [0.3, 0.4) is 0 Å². The van der Waals surface area contributed by atoms with Crippen molar-refractivity contribution in [1.29, 1.82) is 0 Å². The van der Waals surface area contributed by atoms with Crippen molar-refractivity contribution in [3.63, 3.8) is 0 Å². The number of rotatable bonds is 11. The lowest BCUT2D eigenvalue weighted by Gasteiger charge is -2.20. The number of carbonyl (C=O) groups excluding carboxylic acids is 2. The van der Waals surface area contributed by atoms with Crippen molar-refractivity contribution >= 4 is 11.9 Å². The summed E-state index contributed by atoms with van der Waals surface area (Å²) in [5.74, 6) is -0.954. The Labute approximate surface area is 132 Å². The molecule has 0 saturated heterocycles. The molecule has 6 heteroatoms. The van der Waals surface area contributed by atoms with E-state index in [2.05, 4.69) is 13.2 Å². The molecule has 0 radical (unpaired) electrons. The van der Waals surface area contributed by atoms with Gasteiger partial charge in [-0.25, -0.2) is 9.59 Å². The van der Waals surface area contributed by atoms with E-state index in [1.165, 1.54) is 0 Å². The van der Waals surface area contributed by atoms with Crippen LogP contribution in [0.4, 0.5) is 0 Å². The molecule has 126 valence electrons. The third-order valence-electron chi connectivity index (χ3n) is 2.49. The van der Waals surface area contributed by atoms with Gasteiger partial charge in [0.15, 0.2) is 0 Å². The summed E-state index contributed by atoms with van der Waals surface area (Å²) in [6.45, 7) is 14.7. The zero-order chi connectivity index (χ0) is 17.1. The van der Waals surface area contributed by atoms with Crippen molar-refractivity contribution in [3.8, 4) is 0 Å². The van der Waals surface area contributed by atoms with Crippen LogP contribution in [0, 0.1) is 0 Å². The quantitative estimate of drug-likeness (QED) is 0.429. The van der Waals surface area contributed by atoms with Gasteiger partial charge in [-0.15, -0.1) is 0 Å². The predicted molar refractivity (Wildman–Crippen MR) is 82.4 cm³/mol. The molecular weight excluding hydrogens is 288 g/mol. The average Bonchev–Trinajstić information content (AvgIpc) is 2.46. The van der Waals surface area contributed by atoms with Crippen molar-refractivity contribution in [1.82, 2.24) is 0 Å². The molecule has 0 fully saturated rings. The molecule has 0 aromatic heterocycles. The first-order valence-electron chi connectivity index (χ1n) is 7.16. The van der Waals surface area contributed by atoms with Crippen LogP contribution in [0.2, 0.25) is 0 Å².